The van der Waals surface area contributed by atoms with Gasteiger partial charge in [0.25, 0.3) is 5.91 Å². The maximum atomic E-state index is 12.1. The Morgan fingerprint density at radius 3 is 2.55 bits per heavy atom. The fraction of sp³-hybridized carbons (Fsp3) is 0.333. The van der Waals surface area contributed by atoms with Crippen molar-refractivity contribution in [3.8, 4) is 0 Å². The summed E-state index contributed by atoms with van der Waals surface area (Å²) in [7, 11) is 4.59. The van der Waals surface area contributed by atoms with E-state index in [1.54, 1.807) is 33.3 Å². The number of rotatable bonds is 3. The van der Waals surface area contributed by atoms with Crippen molar-refractivity contribution in [2.45, 2.75) is 6.92 Å². The van der Waals surface area contributed by atoms with Gasteiger partial charge in [0.15, 0.2) is 11.4 Å². The van der Waals surface area contributed by atoms with E-state index >= 15 is 0 Å². The third kappa shape index (κ3) is 2.40. The molecule has 0 saturated carbocycles. The maximum absolute atomic E-state index is 12.1. The van der Waals surface area contributed by atoms with E-state index in [1.807, 2.05) is 0 Å². The summed E-state index contributed by atoms with van der Waals surface area (Å²) in [6.45, 7) is 1.69. The summed E-state index contributed by atoms with van der Waals surface area (Å²) in [5, 5.41) is 10.8. The van der Waals surface area contributed by atoms with Crippen molar-refractivity contribution < 1.29 is 14.3 Å². The zero-order chi connectivity index (χ0) is 14.9. The molecule has 0 atom stereocenters. The van der Waals surface area contributed by atoms with Crippen LogP contribution in [0.15, 0.2) is 12.3 Å². The summed E-state index contributed by atoms with van der Waals surface area (Å²) in [6.07, 6.45) is 1.66. The van der Waals surface area contributed by atoms with Crippen LogP contribution in [0.4, 0.5) is 5.69 Å². The van der Waals surface area contributed by atoms with Crippen molar-refractivity contribution in [1.82, 2.24) is 19.6 Å². The summed E-state index contributed by atoms with van der Waals surface area (Å²) < 4.78 is 7.58. The number of esters is 1. The molecule has 0 bridgehead atoms. The first kappa shape index (κ1) is 13.8. The molecule has 0 aliphatic carbocycles. The molecule has 2 aromatic heterocycles. The topological polar surface area (TPSA) is 91.0 Å². The molecule has 0 saturated heterocycles. The molecule has 2 heterocycles. The van der Waals surface area contributed by atoms with E-state index < -0.39 is 11.9 Å². The Hall–Kier alpha value is -2.64. The Labute approximate surface area is 115 Å². The van der Waals surface area contributed by atoms with Crippen LogP contribution in [-0.2, 0) is 18.8 Å². The van der Waals surface area contributed by atoms with Gasteiger partial charge in [-0.3, -0.25) is 14.2 Å². The minimum absolute atomic E-state index is 0.189. The Morgan fingerprint density at radius 1 is 1.30 bits per heavy atom. The largest absolute Gasteiger partial charge is 0.464 e. The van der Waals surface area contributed by atoms with Crippen LogP contribution >= 0.6 is 0 Å². The quantitative estimate of drug-likeness (QED) is 0.825. The number of nitrogens with one attached hydrogen (secondary N) is 1. The second-order valence-corrected chi connectivity index (χ2v) is 4.25. The molecular formula is C12H15N5O3. The third-order valence-corrected chi connectivity index (χ3v) is 2.79. The average Bonchev–Trinajstić information content (AvgIpc) is 2.94. The Kier molecular flexibility index (Phi) is 3.55. The molecule has 0 radical (unpaired) electrons. The molecule has 0 aliphatic heterocycles. The first-order valence-corrected chi connectivity index (χ1v) is 5.87. The highest BCUT2D eigenvalue weighted by Gasteiger charge is 2.23. The van der Waals surface area contributed by atoms with Gasteiger partial charge >= 0.3 is 5.97 Å². The lowest BCUT2D eigenvalue weighted by molar-refractivity contribution is 0.0589. The number of hydrogen-bond donors (Lipinski definition) is 1. The molecule has 2 rings (SSSR count). The molecule has 0 unspecified atom stereocenters. The molecule has 8 nitrogen and oxygen atoms in total. The highest BCUT2D eigenvalue weighted by Crippen LogP contribution is 2.21. The van der Waals surface area contributed by atoms with E-state index in [0.717, 1.165) is 0 Å². The Bertz CT molecular complexity index is 671. The SMILES string of the molecule is COC(=O)c1c(NC(=O)c2ccn(C)n2)c(C)nn1C. The standard InChI is InChI=1S/C12H15N5O3/c1-7-9(10(12(19)20-4)17(3)14-7)13-11(18)8-5-6-16(2)15-8/h5-6H,1-4H3,(H,13,18). The number of carbonyl (C=O) groups is 2. The zero-order valence-corrected chi connectivity index (χ0v) is 11.7. The first-order valence-electron chi connectivity index (χ1n) is 5.87. The van der Waals surface area contributed by atoms with Crippen LogP contribution in [0.2, 0.25) is 0 Å². The van der Waals surface area contributed by atoms with Crippen molar-refractivity contribution in [3.05, 3.63) is 29.3 Å². The van der Waals surface area contributed by atoms with Crippen molar-refractivity contribution in [3.63, 3.8) is 0 Å². The van der Waals surface area contributed by atoms with Gasteiger partial charge in [-0.2, -0.15) is 10.2 Å². The third-order valence-electron chi connectivity index (χ3n) is 2.79. The normalized spacial score (nSPS) is 10.4. The van der Waals surface area contributed by atoms with Gasteiger partial charge in [0.05, 0.1) is 18.5 Å². The van der Waals surface area contributed by atoms with Crippen LogP contribution in [0.3, 0.4) is 0 Å². The molecular weight excluding hydrogens is 262 g/mol. The number of ether oxygens (including phenoxy) is 1. The highest BCUT2D eigenvalue weighted by molar-refractivity contribution is 6.07. The smallest absolute Gasteiger partial charge is 0.358 e. The van der Waals surface area contributed by atoms with Crippen molar-refractivity contribution in [1.29, 1.82) is 0 Å². The Balaban J connectivity index is 2.34. The van der Waals surface area contributed by atoms with Gasteiger partial charge in [-0.05, 0) is 13.0 Å². The van der Waals surface area contributed by atoms with Crippen LogP contribution < -0.4 is 5.32 Å². The zero-order valence-electron chi connectivity index (χ0n) is 11.7. The maximum Gasteiger partial charge on any atom is 0.358 e. The van der Waals surface area contributed by atoms with Crippen LogP contribution in [-0.4, -0.2) is 38.5 Å². The van der Waals surface area contributed by atoms with Gasteiger partial charge in [-0.25, -0.2) is 4.79 Å². The first-order chi connectivity index (χ1) is 9.43. The van der Waals surface area contributed by atoms with E-state index in [4.69, 9.17) is 4.74 Å². The van der Waals surface area contributed by atoms with E-state index in [1.165, 1.54) is 16.5 Å². The monoisotopic (exact) mass is 277 g/mol. The summed E-state index contributed by atoms with van der Waals surface area (Å²) in [5.41, 5.74) is 1.30. The lowest BCUT2D eigenvalue weighted by atomic mass is 10.2. The van der Waals surface area contributed by atoms with Crippen LogP contribution in [0.1, 0.15) is 26.7 Å². The van der Waals surface area contributed by atoms with Crippen molar-refractivity contribution in [2.75, 3.05) is 12.4 Å². The number of hydrogen-bond acceptors (Lipinski definition) is 5. The number of anilines is 1. The van der Waals surface area contributed by atoms with Crippen LogP contribution in [0, 0.1) is 6.92 Å². The summed E-state index contributed by atoms with van der Waals surface area (Å²) in [4.78, 5) is 23.8. The molecule has 0 aliphatic rings. The van der Waals surface area contributed by atoms with Gasteiger partial charge in [-0.15, -0.1) is 0 Å². The van der Waals surface area contributed by atoms with Crippen molar-refractivity contribution >= 4 is 17.6 Å². The lowest BCUT2D eigenvalue weighted by Crippen LogP contribution is -2.17. The lowest BCUT2D eigenvalue weighted by Gasteiger charge is -2.05. The molecule has 0 fully saturated rings. The predicted octanol–water partition coefficient (Wildman–Crippen LogP) is 0.501. The van der Waals surface area contributed by atoms with Gasteiger partial charge in [0, 0.05) is 20.3 Å². The number of methoxy groups -OCH3 is 1. The second kappa shape index (κ2) is 5.16. The molecule has 2 aromatic rings. The van der Waals surface area contributed by atoms with Gasteiger partial charge in [-0.1, -0.05) is 0 Å². The molecule has 0 spiro atoms. The minimum atomic E-state index is -0.565. The second-order valence-electron chi connectivity index (χ2n) is 4.25. The molecule has 1 amide bonds. The molecule has 106 valence electrons. The summed E-state index contributed by atoms with van der Waals surface area (Å²) in [5.74, 6) is -0.976. The molecule has 8 heteroatoms. The highest BCUT2D eigenvalue weighted by atomic mass is 16.5. The molecule has 0 aromatic carbocycles. The minimum Gasteiger partial charge on any atom is -0.464 e. The van der Waals surface area contributed by atoms with E-state index in [0.29, 0.717) is 11.4 Å². The molecule has 20 heavy (non-hydrogen) atoms. The number of aromatic nitrogens is 4. The van der Waals surface area contributed by atoms with E-state index in [-0.39, 0.29) is 11.4 Å². The number of amides is 1. The van der Waals surface area contributed by atoms with Gasteiger partial charge in [0.1, 0.15) is 0 Å². The number of aryl methyl sites for hydroxylation is 3. The van der Waals surface area contributed by atoms with E-state index in [9.17, 15) is 9.59 Å². The van der Waals surface area contributed by atoms with Gasteiger partial charge in [0.2, 0.25) is 0 Å². The van der Waals surface area contributed by atoms with E-state index in [2.05, 4.69) is 15.5 Å². The number of carbonyl (C=O) groups excluding carboxylic acids is 2. The molecule has 1 N–H and O–H groups in total. The fourth-order valence-corrected chi connectivity index (χ4v) is 1.85. The number of nitrogens with zero attached hydrogens (tertiary/aromatic N) is 4. The Morgan fingerprint density at radius 2 is 2.00 bits per heavy atom. The average molecular weight is 277 g/mol. The van der Waals surface area contributed by atoms with Crippen LogP contribution in [0.25, 0.3) is 0 Å². The van der Waals surface area contributed by atoms with Crippen LogP contribution in [0.5, 0.6) is 0 Å². The van der Waals surface area contributed by atoms with Crippen molar-refractivity contribution in [2.24, 2.45) is 14.1 Å². The van der Waals surface area contributed by atoms with Gasteiger partial charge < -0.3 is 10.1 Å². The predicted molar refractivity (Wildman–Crippen MR) is 70.4 cm³/mol. The fourth-order valence-electron chi connectivity index (χ4n) is 1.85. The summed E-state index contributed by atoms with van der Waals surface area (Å²) >= 11 is 0. The summed E-state index contributed by atoms with van der Waals surface area (Å²) in [6, 6.07) is 1.58.